The summed E-state index contributed by atoms with van der Waals surface area (Å²) in [6.07, 6.45) is 11.5. The average Bonchev–Trinajstić information content (AvgIpc) is 3.69. The summed E-state index contributed by atoms with van der Waals surface area (Å²) in [6, 6.07) is 0.533. The van der Waals surface area contributed by atoms with E-state index >= 15 is 0 Å². The van der Waals surface area contributed by atoms with Crippen LogP contribution in [0.4, 0.5) is 5.82 Å². The van der Waals surface area contributed by atoms with Gasteiger partial charge >= 0.3 is 6.01 Å². The minimum absolute atomic E-state index is 0.0319. The number of anilines is 1. The monoisotopic (exact) mass is 545 g/mol. The normalized spacial score (nSPS) is 21.2. The lowest BCUT2D eigenvalue weighted by Crippen LogP contribution is -2.43. The summed E-state index contributed by atoms with van der Waals surface area (Å²) in [7, 11) is 2.05. The lowest BCUT2D eigenvalue weighted by Gasteiger charge is -2.31. The molecule has 214 valence electrons. The van der Waals surface area contributed by atoms with Gasteiger partial charge in [-0.05, 0) is 84.0 Å². The molecule has 1 unspecified atom stereocenters. The van der Waals surface area contributed by atoms with Crippen molar-refractivity contribution in [3.8, 4) is 6.01 Å². The molecule has 0 aromatic carbocycles. The van der Waals surface area contributed by atoms with Crippen LogP contribution in [0.1, 0.15) is 70.6 Å². The first-order valence-corrected chi connectivity index (χ1v) is 14.7. The Kier molecular flexibility index (Phi) is 8.21. The molecule has 0 radical (unpaired) electrons. The van der Waals surface area contributed by atoms with E-state index in [9.17, 15) is 4.79 Å². The zero-order valence-corrected chi connectivity index (χ0v) is 24.7. The molecule has 1 atom stereocenters. The van der Waals surface area contributed by atoms with Crippen molar-refractivity contribution < 1.29 is 9.53 Å². The van der Waals surface area contributed by atoms with E-state index < -0.39 is 0 Å². The van der Waals surface area contributed by atoms with E-state index in [1.54, 1.807) is 0 Å². The van der Waals surface area contributed by atoms with Crippen LogP contribution in [-0.2, 0) is 4.79 Å². The van der Waals surface area contributed by atoms with Crippen molar-refractivity contribution in [1.82, 2.24) is 24.8 Å². The molecule has 5 heterocycles. The fourth-order valence-electron chi connectivity index (χ4n) is 6.90. The Morgan fingerprint density at radius 3 is 2.70 bits per heavy atom. The summed E-state index contributed by atoms with van der Waals surface area (Å²) in [6.45, 7) is 16.1. The second-order valence-corrected chi connectivity index (χ2v) is 11.4. The topological polar surface area (TPSA) is 87.0 Å². The van der Waals surface area contributed by atoms with Gasteiger partial charge < -0.3 is 14.5 Å². The Hall–Kier alpha value is -3.33. The van der Waals surface area contributed by atoms with E-state index in [0.717, 1.165) is 78.0 Å². The fourth-order valence-corrected chi connectivity index (χ4v) is 6.90. The molecule has 9 nitrogen and oxygen atoms in total. The highest BCUT2D eigenvalue weighted by Gasteiger charge is 2.45. The average molecular weight is 546 g/mol. The van der Waals surface area contributed by atoms with E-state index in [1.165, 1.54) is 18.9 Å². The maximum atomic E-state index is 12.3. The lowest BCUT2D eigenvalue weighted by atomic mass is 9.95. The summed E-state index contributed by atoms with van der Waals surface area (Å²) in [4.78, 5) is 38.3. The molecule has 0 spiro atoms. The number of carbonyl (C=O) groups is 1. The third kappa shape index (κ3) is 5.11. The summed E-state index contributed by atoms with van der Waals surface area (Å²) in [5.41, 5.74) is 4.93. The molecule has 0 aliphatic carbocycles. The molecule has 3 aliphatic heterocycles. The number of ether oxygens (including phenoxy) is 1. The van der Waals surface area contributed by atoms with E-state index in [1.807, 2.05) is 38.2 Å². The van der Waals surface area contributed by atoms with E-state index in [2.05, 4.69) is 35.2 Å². The quantitative estimate of drug-likeness (QED) is 0.331. The first-order chi connectivity index (χ1) is 19.3. The molecule has 3 fully saturated rings. The number of nitrogens with zero attached hydrogens (tertiary/aromatic N) is 7. The van der Waals surface area contributed by atoms with Gasteiger partial charge in [0.2, 0.25) is 5.91 Å². The first-order valence-electron chi connectivity index (χ1n) is 14.7. The number of aliphatic imine (C=N–C) groups is 1. The number of hydrogen-bond acceptors (Lipinski definition) is 8. The molecule has 0 N–H and O–H groups in total. The molecule has 40 heavy (non-hydrogen) atoms. The summed E-state index contributed by atoms with van der Waals surface area (Å²) in [5.74, 6) is 0.758. The number of pyridine rings is 1. The van der Waals surface area contributed by atoms with Crippen LogP contribution in [0.3, 0.4) is 0 Å². The van der Waals surface area contributed by atoms with Crippen LogP contribution >= 0.6 is 0 Å². The second kappa shape index (κ2) is 11.6. The summed E-state index contributed by atoms with van der Waals surface area (Å²) < 4.78 is 6.48. The third-order valence-electron chi connectivity index (χ3n) is 9.15. The van der Waals surface area contributed by atoms with Crippen molar-refractivity contribution in [3.63, 3.8) is 0 Å². The van der Waals surface area contributed by atoms with Crippen molar-refractivity contribution in [2.45, 2.75) is 77.8 Å². The van der Waals surface area contributed by atoms with Crippen molar-refractivity contribution in [1.29, 1.82) is 0 Å². The van der Waals surface area contributed by atoms with Gasteiger partial charge in [-0.15, -0.1) is 0 Å². The van der Waals surface area contributed by atoms with Crippen LogP contribution in [0.25, 0.3) is 16.5 Å². The maximum absolute atomic E-state index is 12.3. The minimum Gasteiger partial charge on any atom is -0.461 e. The number of aromatic nitrogens is 3. The van der Waals surface area contributed by atoms with Gasteiger partial charge in [0, 0.05) is 49.9 Å². The first kappa shape index (κ1) is 28.2. The Bertz CT molecular complexity index is 1340. The molecule has 5 rings (SSSR count). The van der Waals surface area contributed by atoms with Crippen molar-refractivity contribution in [2.24, 2.45) is 4.99 Å². The van der Waals surface area contributed by atoms with Crippen LogP contribution in [0.5, 0.6) is 6.01 Å². The van der Waals surface area contributed by atoms with Crippen LogP contribution in [0, 0.1) is 6.92 Å². The number of fused-ring (bicyclic) bond motifs is 2. The van der Waals surface area contributed by atoms with Crippen molar-refractivity contribution in [2.75, 3.05) is 44.7 Å². The van der Waals surface area contributed by atoms with E-state index in [0.29, 0.717) is 25.7 Å². The lowest BCUT2D eigenvalue weighted by molar-refractivity contribution is -0.125. The number of aryl methyl sites for hydroxylation is 1. The van der Waals surface area contributed by atoms with Gasteiger partial charge in [0.05, 0.1) is 22.1 Å². The number of likely N-dealkylation sites (N-methyl/N-ethyl adjacent to an activating group) is 1. The van der Waals surface area contributed by atoms with E-state index in [4.69, 9.17) is 19.7 Å². The van der Waals surface area contributed by atoms with Crippen LogP contribution < -0.4 is 9.64 Å². The highest BCUT2D eigenvalue weighted by molar-refractivity contribution is 5.94. The summed E-state index contributed by atoms with van der Waals surface area (Å²) in [5, 5.41) is 0.887. The van der Waals surface area contributed by atoms with Gasteiger partial charge in [0.15, 0.2) is 0 Å². The molecule has 3 aliphatic rings. The molecule has 0 saturated carbocycles. The zero-order chi connectivity index (χ0) is 28.4. The Balaban J connectivity index is 1.56. The predicted molar refractivity (Wildman–Crippen MR) is 161 cm³/mol. The standard InChI is InChI=1S/C31H43N7O2/c1-7-24(22(5)32-9-3)27-21(4)28-25(18-33-27)29(36(6)23-12-17-37(19-23)26(39)8-2)35-30(34-28)40-20-31-13-10-15-38(31)16-11-14-31/h8-9,18,23H,2,7,10-17,19-20H2,1,3-6H3/b24-22+,32-9?. The Morgan fingerprint density at radius 1 is 1.27 bits per heavy atom. The summed E-state index contributed by atoms with van der Waals surface area (Å²) >= 11 is 0. The predicted octanol–water partition coefficient (Wildman–Crippen LogP) is 4.80. The largest absolute Gasteiger partial charge is 0.461 e. The molecule has 3 saturated heterocycles. The number of hydrogen-bond donors (Lipinski definition) is 0. The SMILES string of the molecule is C=CC(=O)N1CCC(N(C)c2nc(OCC34CCCN3CCC4)nc3c(C)c(/C(CC)=C(\C)N=CC)ncc23)C1. The van der Waals surface area contributed by atoms with Crippen molar-refractivity contribution >= 4 is 34.4 Å². The van der Waals surface area contributed by atoms with E-state index in [-0.39, 0.29) is 17.5 Å². The van der Waals surface area contributed by atoms with Gasteiger partial charge in [-0.1, -0.05) is 13.5 Å². The number of rotatable bonds is 9. The van der Waals surface area contributed by atoms with Gasteiger partial charge in [0.25, 0.3) is 0 Å². The van der Waals surface area contributed by atoms with Crippen LogP contribution in [0.2, 0.25) is 0 Å². The molecule has 0 bridgehead atoms. The molecule has 2 aromatic heterocycles. The highest BCUT2D eigenvalue weighted by atomic mass is 16.5. The van der Waals surface area contributed by atoms with Crippen molar-refractivity contribution in [3.05, 3.63) is 35.8 Å². The minimum atomic E-state index is -0.0319. The number of allylic oxidation sites excluding steroid dienone is 2. The smallest absolute Gasteiger partial charge is 0.319 e. The Morgan fingerprint density at radius 2 is 2.02 bits per heavy atom. The van der Waals surface area contributed by atoms with Crippen LogP contribution in [0.15, 0.2) is 29.5 Å². The molecular weight excluding hydrogens is 502 g/mol. The number of carbonyl (C=O) groups excluding carboxylic acids is 1. The van der Waals surface area contributed by atoms with Crippen LogP contribution in [-0.4, -0.2) is 88.3 Å². The highest BCUT2D eigenvalue weighted by Crippen LogP contribution is 2.40. The molecule has 2 aromatic rings. The second-order valence-electron chi connectivity index (χ2n) is 11.4. The number of amides is 1. The Labute approximate surface area is 238 Å². The molecule has 9 heteroatoms. The third-order valence-corrected chi connectivity index (χ3v) is 9.15. The zero-order valence-electron chi connectivity index (χ0n) is 24.7. The van der Waals surface area contributed by atoms with Gasteiger partial charge in [0.1, 0.15) is 12.4 Å². The van der Waals surface area contributed by atoms with Gasteiger partial charge in [-0.3, -0.25) is 19.7 Å². The van der Waals surface area contributed by atoms with Gasteiger partial charge in [-0.25, -0.2) is 0 Å². The molecule has 1 amide bonds. The fraction of sp³-hybridized carbons (Fsp3) is 0.581. The van der Waals surface area contributed by atoms with Gasteiger partial charge in [-0.2, -0.15) is 9.97 Å². The number of likely N-dealkylation sites (tertiary alicyclic amines) is 1. The molecular formula is C31H43N7O2. The maximum Gasteiger partial charge on any atom is 0.319 e.